The van der Waals surface area contributed by atoms with E-state index in [4.69, 9.17) is 4.74 Å². The van der Waals surface area contributed by atoms with E-state index in [1.807, 2.05) is 27.0 Å². The van der Waals surface area contributed by atoms with E-state index in [-0.39, 0.29) is 11.9 Å². The lowest BCUT2D eigenvalue weighted by molar-refractivity contribution is -0.148. The topological polar surface area (TPSA) is 59.4 Å². The van der Waals surface area contributed by atoms with Crippen molar-refractivity contribution in [2.24, 2.45) is 0 Å². The summed E-state index contributed by atoms with van der Waals surface area (Å²) in [6.45, 7) is 5.56. The van der Waals surface area contributed by atoms with E-state index >= 15 is 0 Å². The molecule has 1 aromatic heterocycles. The van der Waals surface area contributed by atoms with Gasteiger partial charge in [0, 0.05) is 28.0 Å². The van der Waals surface area contributed by atoms with Crippen LogP contribution in [0.15, 0.2) is 30.1 Å². The van der Waals surface area contributed by atoms with Gasteiger partial charge < -0.3 is 9.84 Å². The highest BCUT2D eigenvalue weighted by atomic mass is 127. The summed E-state index contributed by atoms with van der Waals surface area (Å²) < 4.78 is 6.41. The minimum atomic E-state index is -0.494. The molecule has 0 spiro atoms. The number of esters is 1. The van der Waals surface area contributed by atoms with Crippen molar-refractivity contribution in [2.45, 2.75) is 64.1 Å². The maximum Gasteiger partial charge on any atom is 0.331 e. The number of ether oxygens (including phenoxy) is 1. The van der Waals surface area contributed by atoms with Gasteiger partial charge in [0.05, 0.1) is 6.10 Å². The fourth-order valence-corrected chi connectivity index (χ4v) is 3.42. The Bertz CT molecular complexity index is 592. The number of carbonyl (C=O) groups excluding carboxylic acids is 1. The van der Waals surface area contributed by atoms with E-state index in [1.54, 1.807) is 12.3 Å². The number of carbonyl (C=O) groups is 1. The van der Waals surface area contributed by atoms with Gasteiger partial charge in [-0.2, -0.15) is 0 Å². The van der Waals surface area contributed by atoms with Gasteiger partial charge in [-0.25, -0.2) is 4.79 Å². The molecule has 0 aliphatic heterocycles. The zero-order valence-electron chi connectivity index (χ0n) is 13.9. The van der Waals surface area contributed by atoms with Gasteiger partial charge in [-0.05, 0) is 80.7 Å². The Kier molecular flexibility index (Phi) is 6.19. The van der Waals surface area contributed by atoms with E-state index in [2.05, 4.69) is 33.6 Å². The molecule has 4 nitrogen and oxygen atoms in total. The fourth-order valence-electron chi connectivity index (χ4n) is 2.90. The van der Waals surface area contributed by atoms with Crippen molar-refractivity contribution < 1.29 is 14.6 Å². The Morgan fingerprint density at radius 3 is 2.83 bits per heavy atom. The monoisotopic (exact) mass is 429 g/mol. The van der Waals surface area contributed by atoms with Crippen molar-refractivity contribution in [3.63, 3.8) is 0 Å². The zero-order valence-corrected chi connectivity index (χ0v) is 16.0. The van der Waals surface area contributed by atoms with Crippen LogP contribution in [0.5, 0.6) is 0 Å². The van der Waals surface area contributed by atoms with Crippen LogP contribution in [-0.2, 0) is 9.53 Å². The van der Waals surface area contributed by atoms with Crippen LogP contribution in [0.25, 0.3) is 0 Å². The highest BCUT2D eigenvalue weighted by Crippen LogP contribution is 2.34. The normalized spacial score (nSPS) is 24.3. The molecule has 1 N–H and O–H groups in total. The van der Waals surface area contributed by atoms with Crippen molar-refractivity contribution >= 4 is 28.6 Å². The molecule has 126 valence electrons. The second kappa shape index (κ2) is 7.75. The standard InChI is InChI=1S/C18H24INO3/c1-18(2,3)23-17(22)8-12-5-4-6-15(16(21)7-12)13-9-14(19)11-20-10-13/h8-11,15-16,21H,4-7H2,1-3H3/b12-8-/t15-,16+/m1/s1. The first-order chi connectivity index (χ1) is 10.7. The van der Waals surface area contributed by atoms with Crippen LogP contribution in [-0.4, -0.2) is 27.8 Å². The molecule has 1 aromatic rings. The molecule has 0 aromatic carbocycles. The van der Waals surface area contributed by atoms with Crippen LogP contribution < -0.4 is 0 Å². The molecule has 0 unspecified atom stereocenters. The van der Waals surface area contributed by atoms with Gasteiger partial charge in [-0.15, -0.1) is 0 Å². The Labute approximate surface area is 151 Å². The molecule has 1 aliphatic carbocycles. The molecule has 0 radical (unpaired) electrons. The van der Waals surface area contributed by atoms with Crippen molar-refractivity contribution in [1.29, 1.82) is 0 Å². The molecule has 1 fully saturated rings. The first-order valence-corrected chi connectivity index (χ1v) is 9.03. The highest BCUT2D eigenvalue weighted by molar-refractivity contribution is 14.1. The Hall–Kier alpha value is -0.950. The van der Waals surface area contributed by atoms with Crippen LogP contribution in [0.2, 0.25) is 0 Å². The maximum atomic E-state index is 12.0. The number of aliphatic hydroxyl groups is 1. The third-order valence-electron chi connectivity index (χ3n) is 3.83. The summed E-state index contributed by atoms with van der Waals surface area (Å²) in [4.78, 5) is 16.2. The van der Waals surface area contributed by atoms with Crippen LogP contribution in [0.3, 0.4) is 0 Å². The van der Waals surface area contributed by atoms with E-state index in [0.717, 1.165) is 34.0 Å². The highest BCUT2D eigenvalue weighted by Gasteiger charge is 2.26. The molecule has 0 saturated heterocycles. The summed E-state index contributed by atoms with van der Waals surface area (Å²) >= 11 is 2.23. The summed E-state index contributed by atoms with van der Waals surface area (Å²) in [6.07, 6.45) is 7.88. The molecular formula is C18H24INO3. The van der Waals surface area contributed by atoms with Crippen molar-refractivity contribution in [3.05, 3.63) is 39.2 Å². The zero-order chi connectivity index (χ0) is 17.0. The van der Waals surface area contributed by atoms with Crippen LogP contribution >= 0.6 is 22.6 Å². The summed E-state index contributed by atoms with van der Waals surface area (Å²) in [5.41, 5.74) is 1.54. The minimum absolute atomic E-state index is 0.0711. The third-order valence-corrected chi connectivity index (χ3v) is 4.42. The molecule has 23 heavy (non-hydrogen) atoms. The van der Waals surface area contributed by atoms with Gasteiger partial charge >= 0.3 is 5.97 Å². The summed E-state index contributed by atoms with van der Waals surface area (Å²) in [7, 11) is 0. The first kappa shape index (κ1) is 18.4. The fraction of sp³-hybridized carbons (Fsp3) is 0.556. The van der Waals surface area contributed by atoms with Gasteiger partial charge in [0.1, 0.15) is 5.60 Å². The number of aliphatic hydroxyl groups excluding tert-OH is 1. The number of aromatic nitrogens is 1. The average Bonchev–Trinajstić information content (AvgIpc) is 2.58. The van der Waals surface area contributed by atoms with Gasteiger partial charge in [0.25, 0.3) is 0 Å². The van der Waals surface area contributed by atoms with E-state index in [1.165, 1.54) is 0 Å². The molecule has 1 aliphatic rings. The van der Waals surface area contributed by atoms with E-state index < -0.39 is 11.7 Å². The lowest BCUT2D eigenvalue weighted by atomic mass is 9.90. The van der Waals surface area contributed by atoms with Gasteiger partial charge in [0.15, 0.2) is 0 Å². The molecule has 2 atom stereocenters. The number of halogens is 1. The molecule has 0 amide bonds. The van der Waals surface area contributed by atoms with Gasteiger partial charge in [-0.3, -0.25) is 4.98 Å². The van der Waals surface area contributed by atoms with Crippen LogP contribution in [0.4, 0.5) is 0 Å². The number of nitrogens with zero attached hydrogens (tertiary/aromatic N) is 1. The maximum absolute atomic E-state index is 12.0. The largest absolute Gasteiger partial charge is 0.457 e. The molecule has 0 bridgehead atoms. The first-order valence-electron chi connectivity index (χ1n) is 7.95. The number of hydrogen-bond acceptors (Lipinski definition) is 4. The lowest BCUT2D eigenvalue weighted by Crippen LogP contribution is -2.23. The Balaban J connectivity index is 2.09. The molecule has 5 heteroatoms. The lowest BCUT2D eigenvalue weighted by Gasteiger charge is -2.21. The summed E-state index contributed by atoms with van der Waals surface area (Å²) in [5, 5.41) is 10.6. The number of rotatable bonds is 2. The van der Waals surface area contributed by atoms with Gasteiger partial charge in [0.2, 0.25) is 0 Å². The Morgan fingerprint density at radius 1 is 1.43 bits per heavy atom. The summed E-state index contributed by atoms with van der Waals surface area (Å²) in [6, 6.07) is 2.07. The molecule has 2 rings (SSSR count). The predicted octanol–water partition coefficient (Wildman–Crippen LogP) is 3.97. The van der Waals surface area contributed by atoms with E-state index in [9.17, 15) is 9.90 Å². The third kappa shape index (κ3) is 5.88. The smallest absolute Gasteiger partial charge is 0.331 e. The number of pyridine rings is 1. The van der Waals surface area contributed by atoms with Crippen molar-refractivity contribution in [3.8, 4) is 0 Å². The second-order valence-corrected chi connectivity index (χ2v) is 8.29. The number of hydrogen-bond donors (Lipinski definition) is 1. The average molecular weight is 429 g/mol. The quantitative estimate of drug-likeness (QED) is 0.335. The van der Waals surface area contributed by atoms with E-state index in [0.29, 0.717) is 6.42 Å². The molecular weight excluding hydrogens is 405 g/mol. The molecule has 1 heterocycles. The second-order valence-electron chi connectivity index (χ2n) is 7.04. The van der Waals surface area contributed by atoms with Crippen LogP contribution in [0.1, 0.15) is 57.9 Å². The predicted molar refractivity (Wildman–Crippen MR) is 98.1 cm³/mol. The summed E-state index contributed by atoms with van der Waals surface area (Å²) in [5.74, 6) is -0.254. The Morgan fingerprint density at radius 2 is 2.17 bits per heavy atom. The van der Waals surface area contributed by atoms with Crippen molar-refractivity contribution in [1.82, 2.24) is 4.98 Å². The van der Waals surface area contributed by atoms with Gasteiger partial charge in [-0.1, -0.05) is 5.57 Å². The molecule has 1 saturated carbocycles. The van der Waals surface area contributed by atoms with Crippen molar-refractivity contribution in [2.75, 3.05) is 0 Å². The minimum Gasteiger partial charge on any atom is -0.457 e. The van der Waals surface area contributed by atoms with Crippen LogP contribution in [0, 0.1) is 3.57 Å². The SMILES string of the molecule is CC(C)(C)OC(=O)/C=C1/CCC[C@H](c2cncc(I)c2)[C@@H](O)C1.